The first-order valence-electron chi connectivity index (χ1n) is 10.0. The quantitative estimate of drug-likeness (QED) is 0.373. The van der Waals surface area contributed by atoms with Crippen molar-refractivity contribution < 1.29 is 4.79 Å². The zero-order chi connectivity index (χ0) is 22.0. The van der Waals surface area contributed by atoms with Gasteiger partial charge in [0.25, 0.3) is 5.91 Å². The molecule has 1 aromatic heterocycles. The Labute approximate surface area is 191 Å². The fourth-order valence-corrected chi connectivity index (χ4v) is 4.15. The van der Waals surface area contributed by atoms with E-state index in [-0.39, 0.29) is 5.91 Å². The Morgan fingerprint density at radius 1 is 1.06 bits per heavy atom. The summed E-state index contributed by atoms with van der Waals surface area (Å²) in [5.41, 5.74) is 2.21. The van der Waals surface area contributed by atoms with Crippen molar-refractivity contribution in [1.29, 1.82) is 0 Å². The van der Waals surface area contributed by atoms with E-state index in [0.717, 1.165) is 22.2 Å². The van der Waals surface area contributed by atoms with E-state index in [1.807, 2.05) is 29.7 Å². The Morgan fingerprint density at radius 3 is 2.58 bits per heavy atom. The number of hydrogen-bond acceptors (Lipinski definition) is 3. The lowest BCUT2D eigenvalue weighted by Crippen LogP contribution is -2.23. The van der Waals surface area contributed by atoms with Gasteiger partial charge in [0.15, 0.2) is 11.5 Å². The van der Waals surface area contributed by atoms with Crippen LogP contribution in [0.1, 0.15) is 28.8 Å². The molecule has 5 nitrogen and oxygen atoms in total. The first-order valence-corrected chi connectivity index (χ1v) is 10.8. The summed E-state index contributed by atoms with van der Waals surface area (Å²) < 4.78 is 1.97. The highest BCUT2D eigenvalue weighted by Crippen LogP contribution is 2.31. The molecule has 0 unspecified atom stereocenters. The van der Waals surface area contributed by atoms with Crippen molar-refractivity contribution in [3.8, 4) is 0 Å². The maximum absolute atomic E-state index is 12.9. The summed E-state index contributed by atoms with van der Waals surface area (Å²) in [5.74, 6) is 1.04. The van der Waals surface area contributed by atoms with E-state index >= 15 is 0 Å². The maximum atomic E-state index is 12.9. The van der Waals surface area contributed by atoms with Gasteiger partial charge >= 0.3 is 0 Å². The zero-order valence-corrected chi connectivity index (χ0v) is 18.8. The average molecular weight is 453 g/mol. The predicted octanol–water partition coefficient (Wildman–Crippen LogP) is 6.06. The normalized spacial score (nSPS) is 11.0. The van der Waals surface area contributed by atoms with Crippen molar-refractivity contribution in [3.05, 3.63) is 87.8 Å². The summed E-state index contributed by atoms with van der Waals surface area (Å²) in [4.78, 5) is 17.6. The number of nitrogens with zero attached hydrogens (tertiary/aromatic N) is 2. The number of hydrogen-bond donors (Lipinski definition) is 2. The highest BCUT2D eigenvalue weighted by atomic mass is 35.5. The second-order valence-corrected chi connectivity index (χ2v) is 7.98. The summed E-state index contributed by atoms with van der Waals surface area (Å²) in [6.07, 6.45) is 0.671. The number of imidazole rings is 1. The number of rotatable bonds is 6. The van der Waals surface area contributed by atoms with Crippen molar-refractivity contribution in [1.82, 2.24) is 14.9 Å². The Morgan fingerprint density at radius 2 is 1.84 bits per heavy atom. The number of carbonyl (C=O) groups excluding carboxylic acids is 1. The Balaban J connectivity index is 1.82. The molecule has 0 aliphatic heterocycles. The zero-order valence-electron chi connectivity index (χ0n) is 17.2. The monoisotopic (exact) mass is 452 g/mol. The average Bonchev–Trinajstić information content (AvgIpc) is 3.12. The molecular weight excluding hydrogens is 431 g/mol. The largest absolute Gasteiger partial charge is 0.354 e. The lowest BCUT2D eigenvalue weighted by molar-refractivity contribution is 0.0955. The minimum absolute atomic E-state index is 0.222. The Hall–Kier alpha value is -3.02. The van der Waals surface area contributed by atoms with Gasteiger partial charge in [0, 0.05) is 18.5 Å². The van der Waals surface area contributed by atoms with E-state index in [1.165, 1.54) is 0 Å². The van der Waals surface area contributed by atoms with Crippen LogP contribution in [-0.2, 0) is 13.0 Å². The third-order valence-corrected chi connectivity index (χ3v) is 5.75. The molecule has 0 radical (unpaired) electrons. The summed E-state index contributed by atoms with van der Waals surface area (Å²) in [5, 5.41) is 9.26. The predicted molar refractivity (Wildman–Crippen MR) is 128 cm³/mol. The SMILES string of the molecule is CCc1nc(Nc2ccc(Cl)cc2Cl)c(C(=O)NC)n1Cc1cccc2ccccc12. The number of amides is 1. The van der Waals surface area contributed by atoms with Crippen molar-refractivity contribution in [2.24, 2.45) is 0 Å². The van der Waals surface area contributed by atoms with E-state index in [1.54, 1.807) is 25.2 Å². The van der Waals surface area contributed by atoms with Gasteiger partial charge in [-0.15, -0.1) is 0 Å². The van der Waals surface area contributed by atoms with Crippen LogP contribution in [0, 0.1) is 0 Å². The molecule has 1 heterocycles. The molecule has 0 saturated heterocycles. The third kappa shape index (κ3) is 4.24. The fourth-order valence-electron chi connectivity index (χ4n) is 3.69. The van der Waals surface area contributed by atoms with Crippen molar-refractivity contribution in [3.63, 3.8) is 0 Å². The molecule has 2 N–H and O–H groups in total. The van der Waals surface area contributed by atoms with Crippen LogP contribution in [-0.4, -0.2) is 22.5 Å². The van der Waals surface area contributed by atoms with Crippen LogP contribution in [0.5, 0.6) is 0 Å². The van der Waals surface area contributed by atoms with E-state index in [9.17, 15) is 4.79 Å². The molecule has 7 heteroatoms. The Kier molecular flexibility index (Phi) is 6.16. The van der Waals surface area contributed by atoms with Gasteiger partial charge in [-0.25, -0.2) is 4.98 Å². The molecule has 31 heavy (non-hydrogen) atoms. The fraction of sp³-hybridized carbons (Fsp3) is 0.167. The van der Waals surface area contributed by atoms with E-state index in [0.29, 0.717) is 40.2 Å². The molecular formula is C24H22Cl2N4O. The summed E-state index contributed by atoms with van der Waals surface area (Å²) >= 11 is 12.4. The van der Waals surface area contributed by atoms with Gasteiger partial charge in [-0.1, -0.05) is 72.6 Å². The number of halogens is 2. The number of carbonyl (C=O) groups is 1. The first kappa shape index (κ1) is 21.2. The highest BCUT2D eigenvalue weighted by Gasteiger charge is 2.23. The number of anilines is 2. The summed E-state index contributed by atoms with van der Waals surface area (Å²) in [6, 6.07) is 19.6. The molecule has 3 aromatic carbocycles. The van der Waals surface area contributed by atoms with Gasteiger partial charge in [-0.2, -0.15) is 0 Å². The van der Waals surface area contributed by atoms with Crippen molar-refractivity contribution >= 4 is 51.4 Å². The molecule has 0 spiro atoms. The molecule has 0 bridgehead atoms. The van der Waals surface area contributed by atoms with Gasteiger partial charge in [0.2, 0.25) is 0 Å². The highest BCUT2D eigenvalue weighted by molar-refractivity contribution is 6.36. The molecule has 4 aromatic rings. The van der Waals surface area contributed by atoms with Gasteiger partial charge in [0.05, 0.1) is 17.3 Å². The molecule has 0 aliphatic rings. The van der Waals surface area contributed by atoms with Gasteiger partial charge in [-0.3, -0.25) is 4.79 Å². The third-order valence-electron chi connectivity index (χ3n) is 5.20. The van der Waals surface area contributed by atoms with Gasteiger partial charge in [-0.05, 0) is 34.5 Å². The van der Waals surface area contributed by atoms with Crippen LogP contribution < -0.4 is 10.6 Å². The standard InChI is InChI=1S/C24H22Cl2N4O/c1-3-21-29-23(28-20-12-11-17(25)13-19(20)26)22(24(31)27-2)30(21)14-16-9-6-8-15-7-4-5-10-18(15)16/h4-13,28H,3,14H2,1-2H3,(H,27,31). The van der Waals surface area contributed by atoms with E-state index in [4.69, 9.17) is 28.2 Å². The number of aromatic nitrogens is 2. The first-order chi connectivity index (χ1) is 15.0. The summed E-state index contributed by atoms with van der Waals surface area (Å²) in [6.45, 7) is 2.55. The van der Waals surface area contributed by atoms with Gasteiger partial charge < -0.3 is 15.2 Å². The molecule has 0 atom stereocenters. The molecule has 1 amide bonds. The van der Waals surface area contributed by atoms with Crippen molar-refractivity contribution in [2.45, 2.75) is 19.9 Å². The second kappa shape index (κ2) is 9.00. The molecule has 4 rings (SSSR count). The van der Waals surface area contributed by atoms with E-state index in [2.05, 4.69) is 34.9 Å². The lowest BCUT2D eigenvalue weighted by Gasteiger charge is -2.14. The van der Waals surface area contributed by atoms with Crippen LogP contribution >= 0.6 is 23.2 Å². The lowest BCUT2D eigenvalue weighted by atomic mass is 10.0. The van der Waals surface area contributed by atoms with Gasteiger partial charge in [0.1, 0.15) is 5.82 Å². The van der Waals surface area contributed by atoms with Crippen LogP contribution in [0.15, 0.2) is 60.7 Å². The Bertz CT molecular complexity index is 1260. The number of aryl methyl sites for hydroxylation is 1. The second-order valence-electron chi connectivity index (χ2n) is 7.13. The molecule has 0 fully saturated rings. The number of benzene rings is 3. The molecule has 158 valence electrons. The molecule has 0 aliphatic carbocycles. The number of fused-ring (bicyclic) bond motifs is 1. The van der Waals surface area contributed by atoms with Crippen LogP contribution in [0.4, 0.5) is 11.5 Å². The maximum Gasteiger partial charge on any atom is 0.271 e. The summed E-state index contributed by atoms with van der Waals surface area (Å²) in [7, 11) is 1.61. The topological polar surface area (TPSA) is 59.0 Å². The van der Waals surface area contributed by atoms with E-state index < -0.39 is 0 Å². The minimum atomic E-state index is -0.222. The van der Waals surface area contributed by atoms with Crippen LogP contribution in [0.3, 0.4) is 0 Å². The van der Waals surface area contributed by atoms with Crippen LogP contribution in [0.25, 0.3) is 10.8 Å². The molecule has 0 saturated carbocycles. The van der Waals surface area contributed by atoms with Crippen LogP contribution in [0.2, 0.25) is 10.0 Å². The van der Waals surface area contributed by atoms with Crippen molar-refractivity contribution in [2.75, 3.05) is 12.4 Å². The smallest absolute Gasteiger partial charge is 0.271 e. The minimum Gasteiger partial charge on any atom is -0.354 e. The number of nitrogens with one attached hydrogen (secondary N) is 2.